The number of nitrogens with zero attached hydrogens (tertiary/aromatic N) is 1. The van der Waals surface area contributed by atoms with E-state index in [0.717, 1.165) is 45.1 Å². The fraction of sp³-hybridized carbons (Fsp3) is 0.588. The van der Waals surface area contributed by atoms with Gasteiger partial charge in [0.2, 0.25) is 0 Å². The third kappa shape index (κ3) is 5.76. The lowest BCUT2D eigenvalue weighted by Gasteiger charge is -2.30. The molecule has 0 saturated carbocycles. The Kier molecular flexibility index (Phi) is 9.47. The van der Waals surface area contributed by atoms with Crippen LogP contribution in [0.4, 0.5) is 0 Å². The molecule has 2 N–H and O–H groups in total. The normalized spacial score (nSPS) is 16.3. The van der Waals surface area contributed by atoms with E-state index in [2.05, 4.69) is 39.9 Å². The van der Waals surface area contributed by atoms with Gasteiger partial charge in [-0.3, -0.25) is 4.99 Å². The van der Waals surface area contributed by atoms with Crippen LogP contribution in [0.25, 0.3) is 0 Å². The minimum Gasteiger partial charge on any atom is -0.382 e. The van der Waals surface area contributed by atoms with E-state index in [-0.39, 0.29) is 24.0 Å². The van der Waals surface area contributed by atoms with Crippen molar-refractivity contribution in [2.24, 2.45) is 4.99 Å². The van der Waals surface area contributed by atoms with Crippen LogP contribution in [0.15, 0.2) is 29.3 Å². The summed E-state index contributed by atoms with van der Waals surface area (Å²) in [6.45, 7) is 5.58. The molecule has 124 valence electrons. The molecule has 0 aliphatic heterocycles. The summed E-state index contributed by atoms with van der Waals surface area (Å²) in [6, 6.07) is 8.69. The minimum atomic E-state index is 0. The molecule has 1 aromatic carbocycles. The van der Waals surface area contributed by atoms with Gasteiger partial charge in [-0.1, -0.05) is 24.3 Å². The number of nitrogens with one attached hydrogen (secondary N) is 2. The van der Waals surface area contributed by atoms with Gasteiger partial charge < -0.3 is 15.4 Å². The van der Waals surface area contributed by atoms with Crippen molar-refractivity contribution >= 4 is 29.9 Å². The van der Waals surface area contributed by atoms with Crippen LogP contribution in [-0.4, -0.2) is 39.3 Å². The number of unbranched alkanes of at least 4 members (excludes halogenated alkanes) is 1. The van der Waals surface area contributed by atoms with E-state index in [1.54, 1.807) is 0 Å². The van der Waals surface area contributed by atoms with Crippen molar-refractivity contribution in [1.29, 1.82) is 0 Å². The van der Waals surface area contributed by atoms with Gasteiger partial charge in [-0.2, -0.15) is 0 Å². The van der Waals surface area contributed by atoms with Crippen LogP contribution in [0.3, 0.4) is 0 Å². The first-order chi connectivity index (χ1) is 10.3. The SMILES string of the molecule is CCOCCCCNC(=NC)NCC1Cc2ccccc21.I. The second-order valence-corrected chi connectivity index (χ2v) is 5.38. The van der Waals surface area contributed by atoms with E-state index >= 15 is 0 Å². The third-order valence-electron chi connectivity index (χ3n) is 3.91. The van der Waals surface area contributed by atoms with Gasteiger partial charge in [0.25, 0.3) is 0 Å². The van der Waals surface area contributed by atoms with E-state index < -0.39 is 0 Å². The number of ether oxygens (including phenoxy) is 1. The predicted molar refractivity (Wildman–Crippen MR) is 103 cm³/mol. The van der Waals surface area contributed by atoms with Gasteiger partial charge in [-0.05, 0) is 37.3 Å². The van der Waals surface area contributed by atoms with Gasteiger partial charge in [0.05, 0.1) is 0 Å². The lowest BCUT2D eigenvalue weighted by molar-refractivity contribution is 0.143. The summed E-state index contributed by atoms with van der Waals surface area (Å²) < 4.78 is 5.33. The predicted octanol–water partition coefficient (Wildman–Crippen LogP) is 2.93. The Hall–Kier alpha value is -0.820. The number of aliphatic imine (C=N–C) groups is 1. The monoisotopic (exact) mass is 417 g/mol. The van der Waals surface area contributed by atoms with Gasteiger partial charge in [0.15, 0.2) is 5.96 Å². The first-order valence-electron chi connectivity index (χ1n) is 7.95. The molecule has 0 fully saturated rings. The number of rotatable bonds is 8. The van der Waals surface area contributed by atoms with Gasteiger partial charge in [0.1, 0.15) is 0 Å². The Morgan fingerprint density at radius 1 is 1.27 bits per heavy atom. The molecule has 0 radical (unpaired) electrons. The lowest BCUT2D eigenvalue weighted by Crippen LogP contribution is -2.41. The highest BCUT2D eigenvalue weighted by Gasteiger charge is 2.25. The molecule has 1 unspecified atom stereocenters. The van der Waals surface area contributed by atoms with Crippen molar-refractivity contribution in [3.05, 3.63) is 35.4 Å². The van der Waals surface area contributed by atoms with Gasteiger partial charge in [-0.15, -0.1) is 24.0 Å². The second kappa shape index (κ2) is 10.8. The Morgan fingerprint density at radius 3 is 2.82 bits per heavy atom. The summed E-state index contributed by atoms with van der Waals surface area (Å²) in [5.41, 5.74) is 2.97. The number of hydrogen-bond donors (Lipinski definition) is 2. The zero-order valence-corrected chi connectivity index (χ0v) is 15.9. The third-order valence-corrected chi connectivity index (χ3v) is 3.91. The second-order valence-electron chi connectivity index (χ2n) is 5.38. The lowest BCUT2D eigenvalue weighted by atomic mass is 9.78. The maximum Gasteiger partial charge on any atom is 0.190 e. The molecule has 1 aromatic rings. The van der Waals surface area contributed by atoms with Crippen molar-refractivity contribution in [2.45, 2.75) is 32.1 Å². The van der Waals surface area contributed by atoms with Crippen LogP contribution < -0.4 is 10.6 Å². The quantitative estimate of drug-likeness (QED) is 0.296. The fourth-order valence-corrected chi connectivity index (χ4v) is 2.67. The maximum absolute atomic E-state index is 5.33. The average Bonchev–Trinajstić information content (AvgIpc) is 2.49. The zero-order chi connectivity index (χ0) is 14.9. The summed E-state index contributed by atoms with van der Waals surface area (Å²) in [5, 5.41) is 6.78. The maximum atomic E-state index is 5.33. The molecule has 22 heavy (non-hydrogen) atoms. The number of benzene rings is 1. The van der Waals surface area contributed by atoms with Crippen LogP contribution in [0.1, 0.15) is 36.8 Å². The summed E-state index contributed by atoms with van der Waals surface area (Å²) in [7, 11) is 1.82. The average molecular weight is 417 g/mol. The Balaban J connectivity index is 0.00000242. The molecular formula is C17H28IN3O. The van der Waals surface area contributed by atoms with Crippen molar-refractivity contribution in [3.8, 4) is 0 Å². The van der Waals surface area contributed by atoms with Gasteiger partial charge >= 0.3 is 0 Å². The fourth-order valence-electron chi connectivity index (χ4n) is 2.67. The summed E-state index contributed by atoms with van der Waals surface area (Å²) >= 11 is 0. The highest BCUT2D eigenvalue weighted by atomic mass is 127. The molecule has 0 spiro atoms. The molecule has 1 aliphatic rings. The molecule has 0 heterocycles. The summed E-state index contributed by atoms with van der Waals surface area (Å²) in [6.07, 6.45) is 3.37. The smallest absolute Gasteiger partial charge is 0.190 e. The minimum absolute atomic E-state index is 0. The van der Waals surface area contributed by atoms with Crippen LogP contribution in [0.5, 0.6) is 0 Å². The first kappa shape index (κ1) is 19.2. The zero-order valence-electron chi connectivity index (χ0n) is 13.6. The summed E-state index contributed by atoms with van der Waals surface area (Å²) in [4.78, 5) is 4.27. The molecule has 0 bridgehead atoms. The van der Waals surface area contributed by atoms with Gasteiger partial charge in [-0.25, -0.2) is 0 Å². The Bertz CT molecular complexity index is 465. The van der Waals surface area contributed by atoms with Crippen molar-refractivity contribution < 1.29 is 4.74 Å². The molecule has 1 atom stereocenters. The van der Waals surface area contributed by atoms with E-state index in [9.17, 15) is 0 Å². The van der Waals surface area contributed by atoms with Crippen molar-refractivity contribution in [1.82, 2.24) is 10.6 Å². The van der Waals surface area contributed by atoms with E-state index in [0.29, 0.717) is 5.92 Å². The van der Waals surface area contributed by atoms with Crippen LogP contribution in [0.2, 0.25) is 0 Å². The van der Waals surface area contributed by atoms with Crippen LogP contribution in [0, 0.1) is 0 Å². The number of fused-ring (bicyclic) bond motifs is 1. The highest BCUT2D eigenvalue weighted by Crippen LogP contribution is 2.33. The first-order valence-corrected chi connectivity index (χ1v) is 7.95. The molecule has 5 heteroatoms. The van der Waals surface area contributed by atoms with Crippen molar-refractivity contribution in [3.63, 3.8) is 0 Å². The summed E-state index contributed by atoms with van der Waals surface area (Å²) in [5.74, 6) is 1.52. The van der Waals surface area contributed by atoms with E-state index in [1.165, 1.54) is 17.5 Å². The Morgan fingerprint density at radius 2 is 2.09 bits per heavy atom. The van der Waals surface area contributed by atoms with E-state index in [4.69, 9.17) is 4.74 Å². The Labute approximate surface area is 151 Å². The molecule has 1 aliphatic carbocycles. The topological polar surface area (TPSA) is 45.6 Å². The molecule has 4 nitrogen and oxygen atoms in total. The molecular weight excluding hydrogens is 389 g/mol. The number of halogens is 1. The molecule has 2 rings (SSSR count). The largest absolute Gasteiger partial charge is 0.382 e. The van der Waals surface area contributed by atoms with Crippen LogP contribution in [-0.2, 0) is 11.2 Å². The van der Waals surface area contributed by atoms with Crippen LogP contribution >= 0.6 is 24.0 Å². The number of guanidine groups is 1. The standard InChI is InChI=1S/C17H27N3O.HI/c1-3-21-11-7-6-10-19-17(18-2)20-13-15-12-14-8-4-5-9-16(14)15;/h4-5,8-9,15H,3,6-7,10-13H2,1-2H3,(H2,18,19,20);1H. The molecule has 0 saturated heterocycles. The van der Waals surface area contributed by atoms with E-state index in [1.807, 2.05) is 14.0 Å². The van der Waals surface area contributed by atoms with Gasteiger partial charge in [0, 0.05) is 39.3 Å². The van der Waals surface area contributed by atoms with Crippen molar-refractivity contribution in [2.75, 3.05) is 33.4 Å². The highest BCUT2D eigenvalue weighted by molar-refractivity contribution is 14.0. The molecule has 0 amide bonds. The molecule has 0 aromatic heterocycles. The number of hydrogen-bond acceptors (Lipinski definition) is 2.